The molecule has 1 amide bonds. The molecule has 1 N–H and O–H groups in total. The van der Waals surface area contributed by atoms with E-state index in [-0.39, 0.29) is 12.5 Å². The molecule has 162 valence electrons. The van der Waals surface area contributed by atoms with E-state index < -0.39 is 0 Å². The van der Waals surface area contributed by atoms with Crippen LogP contribution in [0.4, 0.5) is 5.69 Å². The van der Waals surface area contributed by atoms with Gasteiger partial charge in [0.2, 0.25) is 5.91 Å². The third kappa shape index (κ3) is 4.60. The van der Waals surface area contributed by atoms with Crippen molar-refractivity contribution in [2.24, 2.45) is 12.0 Å². The van der Waals surface area contributed by atoms with Gasteiger partial charge in [-0.2, -0.15) is 10.2 Å². The lowest BCUT2D eigenvalue weighted by Gasteiger charge is -2.35. The van der Waals surface area contributed by atoms with E-state index >= 15 is 0 Å². The molecule has 2 aromatic heterocycles. The van der Waals surface area contributed by atoms with E-state index in [1.807, 2.05) is 67.1 Å². The number of guanidine groups is 1. The molecular weight excluding hydrogens is 392 g/mol. The molecule has 3 aromatic rings. The van der Waals surface area contributed by atoms with Crippen molar-refractivity contribution in [3.8, 4) is 5.69 Å². The third-order valence-corrected chi connectivity index (χ3v) is 5.22. The summed E-state index contributed by atoms with van der Waals surface area (Å²) in [6.45, 7) is 6.81. The number of piperazine rings is 1. The van der Waals surface area contributed by atoms with Crippen molar-refractivity contribution in [2.45, 2.75) is 20.4 Å². The molecule has 9 heteroatoms. The van der Waals surface area contributed by atoms with Gasteiger partial charge in [0, 0.05) is 39.1 Å². The Kier molecular flexibility index (Phi) is 6.01. The van der Waals surface area contributed by atoms with Gasteiger partial charge in [-0.05, 0) is 31.5 Å². The van der Waals surface area contributed by atoms with Gasteiger partial charge in [0.1, 0.15) is 6.54 Å². The van der Waals surface area contributed by atoms with E-state index in [9.17, 15) is 4.79 Å². The number of aryl methyl sites for hydroxylation is 2. The minimum absolute atomic E-state index is 0.0391. The number of rotatable bonds is 5. The standard InChI is InChI=1S/C22H28N8O/c1-4-23-22(28-11-12-29(21(31)16-28)19-14-25-27(3)15-19)24-13-18-7-5-6-8-20(18)30-10-9-17(2)26-30/h5-10,14-15H,4,11-13,16H2,1-3H3,(H,23,24). The van der Waals surface area contributed by atoms with E-state index in [0.717, 1.165) is 35.1 Å². The molecule has 4 rings (SSSR count). The highest BCUT2D eigenvalue weighted by Gasteiger charge is 2.27. The van der Waals surface area contributed by atoms with E-state index in [1.165, 1.54) is 0 Å². The Bertz CT molecular complexity index is 1080. The van der Waals surface area contributed by atoms with Gasteiger partial charge in [0.05, 0.1) is 29.8 Å². The maximum Gasteiger partial charge on any atom is 0.246 e. The summed E-state index contributed by atoms with van der Waals surface area (Å²) in [6, 6.07) is 10.1. The number of amides is 1. The molecule has 0 unspecified atom stereocenters. The van der Waals surface area contributed by atoms with Crippen molar-refractivity contribution in [1.29, 1.82) is 0 Å². The van der Waals surface area contributed by atoms with Gasteiger partial charge in [-0.15, -0.1) is 0 Å². The number of carbonyl (C=O) groups excluding carboxylic acids is 1. The fourth-order valence-corrected chi connectivity index (χ4v) is 3.68. The molecule has 1 saturated heterocycles. The summed E-state index contributed by atoms with van der Waals surface area (Å²) >= 11 is 0. The van der Waals surface area contributed by atoms with Gasteiger partial charge in [-0.1, -0.05) is 18.2 Å². The van der Waals surface area contributed by atoms with Crippen LogP contribution >= 0.6 is 0 Å². The van der Waals surface area contributed by atoms with Crippen molar-refractivity contribution in [2.75, 3.05) is 31.1 Å². The van der Waals surface area contributed by atoms with Crippen LogP contribution in [0.1, 0.15) is 18.2 Å². The number of nitrogens with one attached hydrogen (secondary N) is 1. The SMILES string of the molecule is CCNC(=NCc1ccccc1-n1ccc(C)n1)N1CCN(c2cnn(C)c2)C(=O)C1. The maximum atomic E-state index is 12.8. The van der Waals surface area contributed by atoms with E-state index in [4.69, 9.17) is 4.99 Å². The summed E-state index contributed by atoms with van der Waals surface area (Å²) in [6.07, 6.45) is 5.54. The summed E-state index contributed by atoms with van der Waals surface area (Å²) in [5.74, 6) is 0.783. The highest BCUT2D eigenvalue weighted by molar-refractivity contribution is 5.98. The first-order valence-electron chi connectivity index (χ1n) is 10.5. The number of aromatic nitrogens is 4. The summed E-state index contributed by atoms with van der Waals surface area (Å²) < 4.78 is 3.59. The molecule has 0 atom stereocenters. The number of carbonyl (C=O) groups is 1. The van der Waals surface area contributed by atoms with Gasteiger partial charge in [0.15, 0.2) is 5.96 Å². The molecule has 3 heterocycles. The molecule has 0 bridgehead atoms. The maximum absolute atomic E-state index is 12.8. The van der Waals surface area contributed by atoms with Crippen molar-refractivity contribution < 1.29 is 4.79 Å². The van der Waals surface area contributed by atoms with Crippen molar-refractivity contribution >= 4 is 17.6 Å². The van der Waals surface area contributed by atoms with Crippen molar-refractivity contribution in [3.63, 3.8) is 0 Å². The van der Waals surface area contributed by atoms with E-state index in [2.05, 4.69) is 21.6 Å². The van der Waals surface area contributed by atoms with Gasteiger partial charge < -0.3 is 15.1 Å². The molecule has 9 nitrogen and oxygen atoms in total. The molecule has 1 aliphatic heterocycles. The van der Waals surface area contributed by atoms with Gasteiger partial charge in [-0.3, -0.25) is 9.48 Å². The predicted octanol–water partition coefficient (Wildman–Crippen LogP) is 1.73. The minimum atomic E-state index is 0.0391. The number of benzene rings is 1. The Balaban J connectivity index is 1.50. The normalized spacial score (nSPS) is 14.9. The Labute approximate surface area is 182 Å². The van der Waals surface area contributed by atoms with E-state index in [1.54, 1.807) is 15.8 Å². The summed E-state index contributed by atoms with van der Waals surface area (Å²) in [5.41, 5.74) is 3.88. The monoisotopic (exact) mass is 420 g/mol. The smallest absolute Gasteiger partial charge is 0.246 e. The first-order chi connectivity index (χ1) is 15.0. The Morgan fingerprint density at radius 2 is 2.06 bits per heavy atom. The van der Waals surface area contributed by atoms with Crippen molar-refractivity contribution in [1.82, 2.24) is 29.8 Å². The van der Waals surface area contributed by atoms with Crippen LogP contribution in [0.3, 0.4) is 0 Å². The molecule has 1 aromatic carbocycles. The van der Waals surface area contributed by atoms with Crippen LogP contribution in [0.2, 0.25) is 0 Å². The quantitative estimate of drug-likeness (QED) is 0.502. The van der Waals surface area contributed by atoms with E-state index in [0.29, 0.717) is 19.6 Å². The predicted molar refractivity (Wildman–Crippen MR) is 120 cm³/mol. The zero-order valence-corrected chi connectivity index (χ0v) is 18.2. The van der Waals surface area contributed by atoms with Crippen LogP contribution in [0, 0.1) is 6.92 Å². The molecule has 31 heavy (non-hydrogen) atoms. The first-order valence-corrected chi connectivity index (χ1v) is 10.5. The van der Waals surface area contributed by atoms with Crippen molar-refractivity contribution in [3.05, 3.63) is 60.2 Å². The second-order valence-electron chi connectivity index (χ2n) is 7.54. The largest absolute Gasteiger partial charge is 0.356 e. The average Bonchev–Trinajstić information content (AvgIpc) is 3.39. The number of nitrogens with zero attached hydrogens (tertiary/aromatic N) is 7. The summed E-state index contributed by atoms with van der Waals surface area (Å²) in [5, 5.41) is 12.0. The topological polar surface area (TPSA) is 83.6 Å². The molecule has 0 spiro atoms. The van der Waals surface area contributed by atoms with Gasteiger partial charge in [-0.25, -0.2) is 9.67 Å². The van der Waals surface area contributed by atoms with Crippen LogP contribution in [0.15, 0.2) is 53.9 Å². The zero-order chi connectivity index (χ0) is 21.8. The van der Waals surface area contributed by atoms with Crippen LogP contribution < -0.4 is 10.2 Å². The highest BCUT2D eigenvalue weighted by Crippen LogP contribution is 2.18. The minimum Gasteiger partial charge on any atom is -0.356 e. The number of anilines is 1. The van der Waals surface area contributed by atoms with Gasteiger partial charge >= 0.3 is 0 Å². The van der Waals surface area contributed by atoms with Crippen LogP contribution in [0.25, 0.3) is 5.69 Å². The zero-order valence-electron chi connectivity index (χ0n) is 18.2. The lowest BCUT2D eigenvalue weighted by Crippen LogP contribution is -2.55. The summed E-state index contributed by atoms with van der Waals surface area (Å²) in [7, 11) is 1.85. The summed E-state index contributed by atoms with van der Waals surface area (Å²) in [4.78, 5) is 21.4. The Morgan fingerprint density at radius 1 is 1.23 bits per heavy atom. The molecular formula is C22H28N8O. The van der Waals surface area contributed by atoms with Crippen LogP contribution in [-0.4, -0.2) is 62.5 Å². The first kappa shape index (κ1) is 20.6. The second-order valence-corrected chi connectivity index (χ2v) is 7.54. The fourth-order valence-electron chi connectivity index (χ4n) is 3.68. The number of para-hydroxylation sites is 1. The Hall–Kier alpha value is -3.62. The van der Waals surface area contributed by atoms with Gasteiger partial charge in [0.25, 0.3) is 0 Å². The fraction of sp³-hybridized carbons (Fsp3) is 0.364. The molecule has 1 fully saturated rings. The lowest BCUT2D eigenvalue weighted by atomic mass is 10.2. The van der Waals surface area contributed by atoms with Crippen LogP contribution in [-0.2, 0) is 18.4 Å². The molecule has 0 aliphatic carbocycles. The number of hydrogen-bond acceptors (Lipinski definition) is 4. The number of hydrogen-bond donors (Lipinski definition) is 1. The highest BCUT2D eigenvalue weighted by atomic mass is 16.2. The average molecular weight is 421 g/mol. The number of aliphatic imine (C=N–C) groups is 1. The second kappa shape index (κ2) is 9.03. The molecule has 0 radical (unpaired) electrons. The third-order valence-electron chi connectivity index (χ3n) is 5.22. The van der Waals surface area contributed by atoms with Crippen LogP contribution in [0.5, 0.6) is 0 Å². The molecule has 1 aliphatic rings. The lowest BCUT2D eigenvalue weighted by molar-refractivity contribution is -0.120. The molecule has 0 saturated carbocycles. The Morgan fingerprint density at radius 3 is 2.74 bits per heavy atom.